The molecule has 0 spiro atoms. The predicted octanol–water partition coefficient (Wildman–Crippen LogP) is 1.73. The Balaban J connectivity index is 1.91. The van der Waals surface area contributed by atoms with Gasteiger partial charge in [0.25, 0.3) is 5.91 Å². The van der Waals surface area contributed by atoms with E-state index in [-0.39, 0.29) is 11.8 Å². The molecule has 27 heavy (non-hydrogen) atoms. The van der Waals surface area contributed by atoms with Crippen LogP contribution in [-0.4, -0.2) is 59.4 Å². The highest BCUT2D eigenvalue weighted by atomic mass is 16.2. The average Bonchev–Trinajstić information content (AvgIpc) is 2.72. The standard InChI is InChI=1S/C20H23N5O2/c1-3-9-21-20(27)17-14-18(25-12-10-24(11-13-25)15(2)26)23-19(22-17)16-7-5-4-6-8-16/h3-8,14H,1,9-13H2,2H3,(H,21,27). The quantitative estimate of drug-likeness (QED) is 0.817. The molecule has 1 aromatic carbocycles. The van der Waals surface area contributed by atoms with Gasteiger partial charge in [-0.1, -0.05) is 36.4 Å². The van der Waals surface area contributed by atoms with Gasteiger partial charge in [-0.05, 0) is 0 Å². The van der Waals surface area contributed by atoms with E-state index in [0.717, 1.165) is 5.56 Å². The number of benzene rings is 1. The molecule has 0 radical (unpaired) electrons. The lowest BCUT2D eigenvalue weighted by atomic mass is 10.2. The van der Waals surface area contributed by atoms with Crippen LogP contribution in [0.25, 0.3) is 11.4 Å². The Kier molecular flexibility index (Phi) is 5.80. The maximum absolute atomic E-state index is 12.4. The summed E-state index contributed by atoms with van der Waals surface area (Å²) in [6.45, 7) is 8.17. The van der Waals surface area contributed by atoms with Crippen molar-refractivity contribution in [2.75, 3.05) is 37.6 Å². The SMILES string of the molecule is C=CCNC(=O)c1cc(N2CCN(C(C)=O)CC2)nc(-c2ccccc2)n1. The van der Waals surface area contributed by atoms with E-state index < -0.39 is 0 Å². The van der Waals surface area contributed by atoms with Gasteiger partial charge in [-0.2, -0.15) is 0 Å². The summed E-state index contributed by atoms with van der Waals surface area (Å²) in [7, 11) is 0. The Morgan fingerprint density at radius 1 is 1.15 bits per heavy atom. The molecule has 1 aromatic heterocycles. The molecule has 0 bridgehead atoms. The van der Waals surface area contributed by atoms with Crippen LogP contribution in [0.4, 0.5) is 5.82 Å². The first-order valence-corrected chi connectivity index (χ1v) is 8.92. The summed E-state index contributed by atoms with van der Waals surface area (Å²) < 4.78 is 0. The van der Waals surface area contributed by atoms with E-state index in [2.05, 4.69) is 26.8 Å². The fourth-order valence-corrected chi connectivity index (χ4v) is 2.93. The Hall–Kier alpha value is -3.22. The topological polar surface area (TPSA) is 78.4 Å². The first kappa shape index (κ1) is 18.6. The number of piperazine rings is 1. The van der Waals surface area contributed by atoms with Crippen LogP contribution in [0.3, 0.4) is 0 Å². The first-order valence-electron chi connectivity index (χ1n) is 8.92. The number of nitrogens with zero attached hydrogens (tertiary/aromatic N) is 4. The van der Waals surface area contributed by atoms with Gasteiger partial charge in [-0.3, -0.25) is 9.59 Å². The summed E-state index contributed by atoms with van der Waals surface area (Å²) in [6.07, 6.45) is 1.62. The second kappa shape index (κ2) is 8.44. The zero-order chi connectivity index (χ0) is 19.2. The molecule has 1 aliphatic rings. The van der Waals surface area contributed by atoms with Crippen LogP contribution in [-0.2, 0) is 4.79 Å². The third-order valence-electron chi connectivity index (χ3n) is 4.43. The highest BCUT2D eigenvalue weighted by molar-refractivity contribution is 5.93. The van der Waals surface area contributed by atoms with Crippen molar-refractivity contribution in [2.45, 2.75) is 6.92 Å². The van der Waals surface area contributed by atoms with E-state index in [1.54, 1.807) is 19.1 Å². The summed E-state index contributed by atoms with van der Waals surface area (Å²) in [5, 5.41) is 2.76. The molecule has 7 heteroatoms. The summed E-state index contributed by atoms with van der Waals surface area (Å²) in [4.78, 5) is 37.0. The minimum atomic E-state index is -0.266. The van der Waals surface area contributed by atoms with Crippen LogP contribution in [0.1, 0.15) is 17.4 Å². The van der Waals surface area contributed by atoms with Crippen molar-refractivity contribution in [2.24, 2.45) is 0 Å². The van der Waals surface area contributed by atoms with Gasteiger partial charge in [0, 0.05) is 51.3 Å². The second-order valence-electron chi connectivity index (χ2n) is 6.29. The number of aromatic nitrogens is 2. The second-order valence-corrected chi connectivity index (χ2v) is 6.29. The number of rotatable bonds is 5. The molecule has 140 valence electrons. The van der Waals surface area contributed by atoms with E-state index in [9.17, 15) is 9.59 Å². The molecule has 1 fully saturated rings. The molecule has 7 nitrogen and oxygen atoms in total. The van der Waals surface area contributed by atoms with Crippen LogP contribution in [0.2, 0.25) is 0 Å². The molecule has 3 rings (SSSR count). The number of carbonyl (C=O) groups excluding carboxylic acids is 2. The zero-order valence-corrected chi connectivity index (χ0v) is 15.4. The third kappa shape index (κ3) is 4.49. The monoisotopic (exact) mass is 365 g/mol. The van der Waals surface area contributed by atoms with E-state index in [4.69, 9.17) is 0 Å². The number of hydrogen-bond donors (Lipinski definition) is 1. The van der Waals surface area contributed by atoms with Gasteiger partial charge in [0.1, 0.15) is 11.5 Å². The molecule has 1 aliphatic heterocycles. The molecule has 0 aliphatic carbocycles. The molecule has 1 N–H and O–H groups in total. The molecule has 2 heterocycles. The molecule has 0 saturated carbocycles. The van der Waals surface area contributed by atoms with Crippen molar-refractivity contribution in [1.29, 1.82) is 0 Å². The summed E-state index contributed by atoms with van der Waals surface area (Å²) in [5.74, 6) is 1.01. The molecular weight excluding hydrogens is 342 g/mol. The lowest BCUT2D eigenvalue weighted by Gasteiger charge is -2.35. The Bertz CT molecular complexity index is 830. The minimum Gasteiger partial charge on any atom is -0.353 e. The third-order valence-corrected chi connectivity index (χ3v) is 4.43. The fraction of sp³-hybridized carbons (Fsp3) is 0.300. The van der Waals surface area contributed by atoms with Crippen LogP contribution in [0.15, 0.2) is 49.1 Å². The molecule has 0 atom stereocenters. The van der Waals surface area contributed by atoms with Crippen molar-refractivity contribution in [3.63, 3.8) is 0 Å². The van der Waals surface area contributed by atoms with Gasteiger partial charge in [0.2, 0.25) is 5.91 Å². The lowest BCUT2D eigenvalue weighted by molar-refractivity contribution is -0.129. The van der Waals surface area contributed by atoms with Crippen LogP contribution >= 0.6 is 0 Å². The number of anilines is 1. The molecular formula is C20H23N5O2. The summed E-state index contributed by atoms with van der Waals surface area (Å²) in [5.41, 5.74) is 1.16. The van der Waals surface area contributed by atoms with Crippen LogP contribution in [0, 0.1) is 0 Å². The van der Waals surface area contributed by atoms with Gasteiger partial charge < -0.3 is 15.1 Å². The minimum absolute atomic E-state index is 0.0757. The lowest BCUT2D eigenvalue weighted by Crippen LogP contribution is -2.48. The first-order chi connectivity index (χ1) is 13.1. The summed E-state index contributed by atoms with van der Waals surface area (Å²) >= 11 is 0. The molecule has 1 saturated heterocycles. The Morgan fingerprint density at radius 3 is 2.48 bits per heavy atom. The number of carbonyl (C=O) groups is 2. The highest BCUT2D eigenvalue weighted by Crippen LogP contribution is 2.21. The molecule has 2 aromatic rings. The van der Waals surface area contributed by atoms with Gasteiger partial charge >= 0.3 is 0 Å². The number of nitrogens with one attached hydrogen (secondary N) is 1. The molecule has 0 unspecified atom stereocenters. The van der Waals surface area contributed by atoms with Gasteiger partial charge in [0.05, 0.1) is 0 Å². The maximum atomic E-state index is 12.4. The fourth-order valence-electron chi connectivity index (χ4n) is 2.93. The van der Waals surface area contributed by atoms with Crippen molar-refractivity contribution in [1.82, 2.24) is 20.2 Å². The van der Waals surface area contributed by atoms with E-state index in [0.29, 0.717) is 50.1 Å². The van der Waals surface area contributed by atoms with E-state index in [1.807, 2.05) is 35.2 Å². The summed E-state index contributed by atoms with van der Waals surface area (Å²) in [6, 6.07) is 11.3. The number of hydrogen-bond acceptors (Lipinski definition) is 5. The smallest absolute Gasteiger partial charge is 0.270 e. The van der Waals surface area contributed by atoms with E-state index >= 15 is 0 Å². The normalized spacial score (nSPS) is 14.0. The van der Waals surface area contributed by atoms with Crippen molar-refractivity contribution in [3.8, 4) is 11.4 Å². The van der Waals surface area contributed by atoms with Gasteiger partial charge in [-0.15, -0.1) is 6.58 Å². The average molecular weight is 365 g/mol. The largest absolute Gasteiger partial charge is 0.353 e. The number of amides is 2. The molecule has 2 amide bonds. The van der Waals surface area contributed by atoms with Crippen molar-refractivity contribution < 1.29 is 9.59 Å². The Morgan fingerprint density at radius 2 is 1.85 bits per heavy atom. The predicted molar refractivity (Wildman–Crippen MR) is 104 cm³/mol. The van der Waals surface area contributed by atoms with Crippen LogP contribution in [0.5, 0.6) is 0 Å². The zero-order valence-electron chi connectivity index (χ0n) is 15.4. The maximum Gasteiger partial charge on any atom is 0.270 e. The highest BCUT2D eigenvalue weighted by Gasteiger charge is 2.22. The van der Waals surface area contributed by atoms with Gasteiger partial charge in [-0.25, -0.2) is 9.97 Å². The Labute approximate surface area is 158 Å². The van der Waals surface area contributed by atoms with Crippen molar-refractivity contribution >= 4 is 17.6 Å². The van der Waals surface area contributed by atoms with Crippen molar-refractivity contribution in [3.05, 3.63) is 54.7 Å². The van der Waals surface area contributed by atoms with E-state index in [1.165, 1.54) is 0 Å². The van der Waals surface area contributed by atoms with Crippen LogP contribution < -0.4 is 10.2 Å². The van der Waals surface area contributed by atoms with Gasteiger partial charge in [0.15, 0.2) is 5.82 Å².